The van der Waals surface area contributed by atoms with Crippen LogP contribution in [0.3, 0.4) is 0 Å². The molecule has 0 bridgehead atoms. The van der Waals surface area contributed by atoms with E-state index in [1.807, 2.05) is 24.3 Å². The molecule has 130 valence electrons. The number of rotatable bonds is 4. The quantitative estimate of drug-likeness (QED) is 0.673. The molecule has 2 amide bonds. The highest BCUT2D eigenvalue weighted by molar-refractivity contribution is 5.90. The molecule has 1 aliphatic rings. The molecule has 1 heterocycles. The summed E-state index contributed by atoms with van der Waals surface area (Å²) < 4.78 is 5.17. The fraction of sp³-hybridized carbons (Fsp3) is 0.278. The van der Waals surface area contributed by atoms with E-state index in [0.717, 1.165) is 24.2 Å². The van der Waals surface area contributed by atoms with Gasteiger partial charge in [-0.15, -0.1) is 0 Å². The largest absolute Gasteiger partial charge is 0.497 e. The number of benzene rings is 2. The van der Waals surface area contributed by atoms with Gasteiger partial charge in [0.15, 0.2) is 0 Å². The number of hydrogen-bond donors (Lipinski definition) is 1. The molecule has 7 nitrogen and oxygen atoms in total. The Balaban J connectivity index is 1.70. The molecule has 2 aromatic carbocycles. The number of urea groups is 1. The molecule has 3 rings (SSSR count). The maximum absolute atomic E-state index is 12.6. The molecule has 0 aliphatic carbocycles. The number of nitro benzene ring substituents is 1. The molecule has 25 heavy (non-hydrogen) atoms. The van der Waals surface area contributed by atoms with Gasteiger partial charge in [-0.25, -0.2) is 4.79 Å². The summed E-state index contributed by atoms with van der Waals surface area (Å²) in [5.41, 5.74) is 1.60. The lowest BCUT2D eigenvalue weighted by molar-refractivity contribution is -0.384. The van der Waals surface area contributed by atoms with Crippen LogP contribution in [0.15, 0.2) is 48.5 Å². The summed E-state index contributed by atoms with van der Waals surface area (Å²) >= 11 is 0. The fourth-order valence-corrected chi connectivity index (χ4v) is 3.04. The minimum Gasteiger partial charge on any atom is -0.497 e. The Labute approximate surface area is 145 Å². The molecule has 1 aliphatic heterocycles. The highest BCUT2D eigenvalue weighted by Crippen LogP contribution is 2.33. The Bertz CT molecular complexity index is 759. The van der Waals surface area contributed by atoms with E-state index < -0.39 is 4.92 Å². The second-order valence-corrected chi connectivity index (χ2v) is 5.86. The van der Waals surface area contributed by atoms with Gasteiger partial charge in [-0.1, -0.05) is 12.1 Å². The maximum Gasteiger partial charge on any atom is 0.322 e. The van der Waals surface area contributed by atoms with Crippen molar-refractivity contribution >= 4 is 17.4 Å². The molecule has 0 spiro atoms. The summed E-state index contributed by atoms with van der Waals surface area (Å²) in [6.07, 6.45) is 1.84. The van der Waals surface area contributed by atoms with Crippen molar-refractivity contribution in [2.75, 3.05) is 19.0 Å². The van der Waals surface area contributed by atoms with Gasteiger partial charge >= 0.3 is 6.03 Å². The number of methoxy groups -OCH3 is 1. The normalized spacial score (nSPS) is 16.5. The van der Waals surface area contributed by atoms with Crippen LogP contribution in [0.1, 0.15) is 24.4 Å². The number of non-ortho nitro benzene ring substituents is 1. The predicted molar refractivity (Wildman–Crippen MR) is 93.8 cm³/mol. The van der Waals surface area contributed by atoms with Crippen molar-refractivity contribution in [2.45, 2.75) is 18.9 Å². The lowest BCUT2D eigenvalue weighted by Gasteiger charge is -2.25. The van der Waals surface area contributed by atoms with Crippen LogP contribution in [0.25, 0.3) is 0 Å². The van der Waals surface area contributed by atoms with Gasteiger partial charge in [-0.2, -0.15) is 0 Å². The minimum absolute atomic E-state index is 0.00437. The van der Waals surface area contributed by atoms with Gasteiger partial charge < -0.3 is 15.0 Å². The van der Waals surface area contributed by atoms with Crippen molar-refractivity contribution in [1.29, 1.82) is 0 Å². The summed E-state index contributed by atoms with van der Waals surface area (Å²) in [6, 6.07) is 13.4. The molecular weight excluding hydrogens is 322 g/mol. The van der Waals surface area contributed by atoms with Gasteiger partial charge in [0.25, 0.3) is 5.69 Å². The lowest BCUT2D eigenvalue weighted by Crippen LogP contribution is -2.34. The van der Waals surface area contributed by atoms with Gasteiger partial charge in [-0.3, -0.25) is 10.1 Å². The van der Waals surface area contributed by atoms with Crippen LogP contribution >= 0.6 is 0 Å². The monoisotopic (exact) mass is 341 g/mol. The third-order valence-electron chi connectivity index (χ3n) is 4.34. The number of anilines is 1. The van der Waals surface area contributed by atoms with Gasteiger partial charge in [0.2, 0.25) is 0 Å². The molecule has 1 atom stereocenters. The number of nitro groups is 1. The maximum atomic E-state index is 12.6. The topological polar surface area (TPSA) is 84.7 Å². The molecule has 2 aromatic rings. The number of nitrogens with zero attached hydrogens (tertiary/aromatic N) is 2. The van der Waals surface area contributed by atoms with Crippen LogP contribution in [-0.2, 0) is 0 Å². The van der Waals surface area contributed by atoms with Crippen LogP contribution in [0, 0.1) is 10.1 Å². The smallest absolute Gasteiger partial charge is 0.322 e. The Kier molecular flexibility index (Phi) is 4.83. The molecule has 0 radical (unpaired) electrons. The van der Waals surface area contributed by atoms with Crippen LogP contribution in [0.2, 0.25) is 0 Å². The number of carbonyl (C=O) groups excluding carboxylic acids is 1. The Morgan fingerprint density at radius 3 is 2.48 bits per heavy atom. The molecular formula is C18H19N3O4. The molecule has 0 unspecified atom stereocenters. The summed E-state index contributed by atoms with van der Waals surface area (Å²) in [6.45, 7) is 0.676. The van der Waals surface area contributed by atoms with E-state index in [-0.39, 0.29) is 17.8 Å². The molecule has 0 aromatic heterocycles. The van der Waals surface area contributed by atoms with Crippen molar-refractivity contribution in [2.24, 2.45) is 0 Å². The SMILES string of the molecule is COc1ccc([C@@H]2CCCN2C(=O)Nc2ccc([N+](=O)[O-])cc2)cc1. The zero-order valence-corrected chi connectivity index (χ0v) is 13.8. The van der Waals surface area contributed by atoms with Gasteiger partial charge in [0.05, 0.1) is 18.1 Å². The van der Waals surface area contributed by atoms with E-state index in [4.69, 9.17) is 4.74 Å². The van der Waals surface area contributed by atoms with E-state index in [9.17, 15) is 14.9 Å². The van der Waals surface area contributed by atoms with E-state index in [0.29, 0.717) is 12.2 Å². The molecule has 1 fully saturated rings. The van der Waals surface area contributed by atoms with Gasteiger partial charge in [0.1, 0.15) is 5.75 Å². The van der Waals surface area contributed by atoms with Gasteiger partial charge in [0, 0.05) is 24.4 Å². The predicted octanol–water partition coefficient (Wildman–Crippen LogP) is 3.97. The van der Waals surface area contributed by atoms with E-state index >= 15 is 0 Å². The third-order valence-corrected chi connectivity index (χ3v) is 4.34. The first-order valence-electron chi connectivity index (χ1n) is 8.04. The summed E-state index contributed by atoms with van der Waals surface area (Å²) in [7, 11) is 1.62. The molecule has 0 saturated carbocycles. The van der Waals surface area contributed by atoms with Crippen molar-refractivity contribution < 1.29 is 14.5 Å². The number of ether oxygens (including phenoxy) is 1. The molecule has 1 N–H and O–H groups in total. The van der Waals surface area contributed by atoms with Crippen molar-refractivity contribution in [3.63, 3.8) is 0 Å². The standard InChI is InChI=1S/C18H19N3O4/c1-25-16-10-4-13(5-11-16)17-3-2-12-20(17)18(22)19-14-6-8-15(9-7-14)21(23)24/h4-11,17H,2-3,12H2,1H3,(H,19,22)/t17-/m0/s1. The minimum atomic E-state index is -0.466. The number of hydrogen-bond acceptors (Lipinski definition) is 4. The first kappa shape index (κ1) is 16.8. The first-order chi connectivity index (χ1) is 12.1. The zero-order valence-electron chi connectivity index (χ0n) is 13.8. The number of nitrogens with one attached hydrogen (secondary N) is 1. The Morgan fingerprint density at radius 1 is 1.20 bits per heavy atom. The highest BCUT2D eigenvalue weighted by Gasteiger charge is 2.30. The zero-order chi connectivity index (χ0) is 17.8. The average molecular weight is 341 g/mol. The number of carbonyl (C=O) groups is 1. The number of likely N-dealkylation sites (tertiary alicyclic amines) is 1. The van der Waals surface area contributed by atoms with Crippen LogP contribution in [-0.4, -0.2) is 29.5 Å². The van der Waals surface area contributed by atoms with Gasteiger partial charge in [-0.05, 0) is 42.7 Å². The number of amides is 2. The van der Waals surface area contributed by atoms with Crippen molar-refractivity contribution in [3.8, 4) is 5.75 Å². The lowest BCUT2D eigenvalue weighted by atomic mass is 10.0. The molecule has 1 saturated heterocycles. The van der Waals surface area contributed by atoms with Crippen LogP contribution in [0.5, 0.6) is 5.75 Å². The summed E-state index contributed by atoms with van der Waals surface area (Å²) in [5.74, 6) is 0.781. The second-order valence-electron chi connectivity index (χ2n) is 5.86. The fourth-order valence-electron chi connectivity index (χ4n) is 3.04. The molecule has 7 heteroatoms. The van der Waals surface area contributed by atoms with E-state index in [1.165, 1.54) is 24.3 Å². The Morgan fingerprint density at radius 2 is 1.88 bits per heavy atom. The van der Waals surface area contributed by atoms with Crippen LogP contribution in [0.4, 0.5) is 16.2 Å². The van der Waals surface area contributed by atoms with Crippen molar-refractivity contribution in [3.05, 3.63) is 64.2 Å². The third kappa shape index (κ3) is 3.71. The summed E-state index contributed by atoms with van der Waals surface area (Å²) in [5, 5.41) is 13.5. The average Bonchev–Trinajstić information content (AvgIpc) is 3.12. The Hall–Kier alpha value is -3.09. The van der Waals surface area contributed by atoms with E-state index in [2.05, 4.69) is 5.32 Å². The highest BCUT2D eigenvalue weighted by atomic mass is 16.6. The second kappa shape index (κ2) is 7.21. The van der Waals surface area contributed by atoms with Crippen LogP contribution < -0.4 is 10.1 Å². The first-order valence-corrected chi connectivity index (χ1v) is 8.04. The summed E-state index contributed by atoms with van der Waals surface area (Å²) in [4.78, 5) is 24.6. The van der Waals surface area contributed by atoms with E-state index in [1.54, 1.807) is 12.0 Å². The van der Waals surface area contributed by atoms with Crippen molar-refractivity contribution in [1.82, 2.24) is 4.90 Å².